The van der Waals surface area contributed by atoms with Gasteiger partial charge in [0.15, 0.2) is 0 Å². The minimum Gasteiger partial charge on any atom is -0.299 e. The molecule has 5 heteroatoms. The van der Waals surface area contributed by atoms with Gasteiger partial charge < -0.3 is 0 Å². The van der Waals surface area contributed by atoms with Crippen molar-refractivity contribution in [3.05, 3.63) is 168 Å². The molecule has 7 rings (SSSR count). The zero-order chi connectivity index (χ0) is 40.1. The molecule has 0 aliphatic rings. The number of benzene rings is 5. The molecule has 56 heavy (non-hydrogen) atoms. The van der Waals surface area contributed by atoms with E-state index in [1.165, 1.54) is 56.3 Å². The molecule has 0 aliphatic carbocycles. The first kappa shape index (κ1) is 40.1. The summed E-state index contributed by atoms with van der Waals surface area (Å²) in [6.45, 7) is 22.4. The summed E-state index contributed by atoms with van der Waals surface area (Å²) in [6.07, 6.45) is 7.73. The number of aromatic nitrogens is 4. The molecule has 2 heterocycles. The fraction of sp³-hybridized carbons (Fsp3) is 0.294. The summed E-state index contributed by atoms with van der Waals surface area (Å²) < 4.78 is 18.9. The smallest absolute Gasteiger partial charge is 0.147 e. The lowest BCUT2D eigenvalue weighted by Crippen LogP contribution is -2.09. The number of imidazole rings is 2. The third-order valence-corrected chi connectivity index (χ3v) is 10.6. The van der Waals surface area contributed by atoms with Gasteiger partial charge in [-0.25, -0.2) is 14.4 Å². The van der Waals surface area contributed by atoms with Crippen LogP contribution in [0.25, 0.3) is 45.3 Å². The van der Waals surface area contributed by atoms with Gasteiger partial charge in [0.05, 0.1) is 16.9 Å². The van der Waals surface area contributed by atoms with Crippen molar-refractivity contribution in [2.45, 2.75) is 98.8 Å². The van der Waals surface area contributed by atoms with E-state index in [-0.39, 0.29) is 5.82 Å². The zero-order valence-electron chi connectivity index (χ0n) is 34.8. The van der Waals surface area contributed by atoms with E-state index in [1.807, 2.05) is 24.5 Å². The lowest BCUT2D eigenvalue weighted by atomic mass is 9.88. The minimum absolute atomic E-state index is 0.261. The SMILES string of the molecule is CC(C)c1cc(-c2ccccc2)cc(C(C)C)c1-n1ccnc1-c1ccccc1F.CC(C)c1ccccc1-c1nccn1-c1c(C(C)C)cccc1C(C)C. The van der Waals surface area contributed by atoms with Crippen molar-refractivity contribution in [1.29, 1.82) is 0 Å². The molecule has 0 amide bonds. The molecule has 7 aromatic rings. The van der Waals surface area contributed by atoms with Crippen molar-refractivity contribution in [2.75, 3.05) is 0 Å². The molecule has 5 aromatic carbocycles. The summed E-state index contributed by atoms with van der Waals surface area (Å²) in [5.41, 5.74) is 13.1. The van der Waals surface area contributed by atoms with E-state index in [1.54, 1.807) is 18.3 Å². The Balaban J connectivity index is 0.000000192. The van der Waals surface area contributed by atoms with Gasteiger partial charge in [-0.1, -0.05) is 154 Å². The summed E-state index contributed by atoms with van der Waals surface area (Å²) in [5.74, 6) is 3.38. The largest absolute Gasteiger partial charge is 0.299 e. The molecular formula is C51H57FN4. The maximum atomic E-state index is 14.6. The van der Waals surface area contributed by atoms with Crippen molar-refractivity contribution < 1.29 is 4.39 Å². The zero-order valence-corrected chi connectivity index (χ0v) is 34.8. The fourth-order valence-electron chi connectivity index (χ4n) is 7.64. The summed E-state index contributed by atoms with van der Waals surface area (Å²) in [4.78, 5) is 9.30. The molecular weight excluding hydrogens is 688 g/mol. The molecule has 0 radical (unpaired) electrons. The second-order valence-corrected chi connectivity index (χ2v) is 16.2. The molecule has 0 atom stereocenters. The van der Waals surface area contributed by atoms with Crippen LogP contribution < -0.4 is 0 Å². The Bertz CT molecular complexity index is 2320. The lowest BCUT2D eigenvalue weighted by molar-refractivity contribution is 0.629. The molecule has 0 unspecified atom stereocenters. The number of nitrogens with zero attached hydrogens (tertiary/aromatic N) is 4. The Kier molecular flexibility index (Phi) is 12.5. The number of para-hydroxylation sites is 1. The van der Waals surface area contributed by atoms with Crippen LogP contribution in [0.3, 0.4) is 0 Å². The molecule has 288 valence electrons. The van der Waals surface area contributed by atoms with Gasteiger partial charge in [-0.05, 0) is 92.8 Å². The van der Waals surface area contributed by atoms with Crippen LogP contribution in [0.1, 0.15) is 127 Å². The second kappa shape index (κ2) is 17.5. The number of hydrogen-bond donors (Lipinski definition) is 0. The van der Waals surface area contributed by atoms with Crippen molar-refractivity contribution >= 4 is 0 Å². The number of halogens is 1. The molecule has 0 aliphatic heterocycles. The molecule has 0 saturated carbocycles. The Hall–Kier alpha value is -5.55. The van der Waals surface area contributed by atoms with Crippen molar-refractivity contribution in [3.8, 4) is 45.3 Å². The highest BCUT2D eigenvalue weighted by Crippen LogP contribution is 2.39. The van der Waals surface area contributed by atoms with Crippen molar-refractivity contribution in [2.24, 2.45) is 0 Å². The van der Waals surface area contributed by atoms with E-state index in [0.29, 0.717) is 41.0 Å². The third-order valence-electron chi connectivity index (χ3n) is 10.6. The average Bonchev–Trinajstić information content (AvgIpc) is 3.88. The molecule has 4 nitrogen and oxygen atoms in total. The monoisotopic (exact) mass is 744 g/mol. The Morgan fingerprint density at radius 3 is 1.32 bits per heavy atom. The van der Waals surface area contributed by atoms with Crippen molar-refractivity contribution in [1.82, 2.24) is 19.1 Å². The van der Waals surface area contributed by atoms with Gasteiger partial charge in [-0.15, -0.1) is 0 Å². The fourth-order valence-corrected chi connectivity index (χ4v) is 7.64. The Labute approximate surface area is 334 Å². The van der Waals surface area contributed by atoms with E-state index in [9.17, 15) is 4.39 Å². The van der Waals surface area contributed by atoms with Gasteiger partial charge in [0, 0.05) is 30.4 Å². The molecule has 0 saturated heterocycles. The Morgan fingerprint density at radius 1 is 0.411 bits per heavy atom. The predicted molar refractivity (Wildman–Crippen MR) is 234 cm³/mol. The normalized spacial score (nSPS) is 11.6. The quantitative estimate of drug-likeness (QED) is 0.140. The topological polar surface area (TPSA) is 35.6 Å². The standard InChI is InChI=1S/C27H27FN2.C24H30N2/c1-18(2)23-16-21(20-10-6-5-7-11-20)17-24(19(3)4)26(23)30-15-14-29-27(30)22-12-8-9-13-25(22)28;1-16(2)19-10-7-8-11-22(19)24-25-14-15-26(24)23-20(17(3)4)12-9-13-21(23)18(5)6/h5-19H,1-4H3;7-18H,1-6H3. The van der Waals surface area contributed by atoms with Crippen molar-refractivity contribution in [3.63, 3.8) is 0 Å². The molecule has 0 N–H and O–H groups in total. The van der Waals surface area contributed by atoms with Crippen LogP contribution in [0.15, 0.2) is 134 Å². The van der Waals surface area contributed by atoms with Crippen LogP contribution in [0, 0.1) is 5.82 Å². The highest BCUT2D eigenvalue weighted by Gasteiger charge is 2.23. The lowest BCUT2D eigenvalue weighted by Gasteiger charge is -2.23. The molecule has 2 aromatic heterocycles. The van der Waals surface area contributed by atoms with E-state index in [4.69, 9.17) is 4.98 Å². The van der Waals surface area contributed by atoms with E-state index < -0.39 is 0 Å². The van der Waals surface area contributed by atoms with Crippen LogP contribution in [0.4, 0.5) is 4.39 Å². The first-order valence-corrected chi connectivity index (χ1v) is 20.2. The highest BCUT2D eigenvalue weighted by atomic mass is 19.1. The first-order valence-electron chi connectivity index (χ1n) is 20.2. The van der Waals surface area contributed by atoms with Gasteiger partial charge in [0.1, 0.15) is 17.5 Å². The second-order valence-electron chi connectivity index (χ2n) is 16.2. The van der Waals surface area contributed by atoms with Crippen LogP contribution in [0.2, 0.25) is 0 Å². The first-order chi connectivity index (χ1) is 26.9. The van der Waals surface area contributed by atoms with E-state index in [2.05, 4.69) is 168 Å². The van der Waals surface area contributed by atoms with Gasteiger partial charge in [-0.3, -0.25) is 9.13 Å². The summed E-state index contributed by atoms with van der Waals surface area (Å²) in [7, 11) is 0. The molecule has 0 fully saturated rings. The van der Waals surface area contributed by atoms with Crippen LogP contribution in [-0.2, 0) is 0 Å². The van der Waals surface area contributed by atoms with E-state index in [0.717, 1.165) is 11.5 Å². The summed E-state index contributed by atoms with van der Waals surface area (Å²) in [6, 6.07) is 37.2. The van der Waals surface area contributed by atoms with Gasteiger partial charge in [-0.2, -0.15) is 0 Å². The number of hydrogen-bond acceptors (Lipinski definition) is 2. The van der Waals surface area contributed by atoms with Crippen LogP contribution >= 0.6 is 0 Å². The summed E-state index contributed by atoms with van der Waals surface area (Å²) in [5, 5.41) is 0. The molecule has 0 spiro atoms. The van der Waals surface area contributed by atoms with E-state index >= 15 is 0 Å². The highest BCUT2D eigenvalue weighted by molar-refractivity contribution is 5.72. The van der Waals surface area contributed by atoms with Gasteiger partial charge in [0.2, 0.25) is 0 Å². The predicted octanol–water partition coefficient (Wildman–Crippen LogP) is 14.5. The van der Waals surface area contributed by atoms with Crippen LogP contribution in [0.5, 0.6) is 0 Å². The minimum atomic E-state index is -0.261. The average molecular weight is 745 g/mol. The third kappa shape index (κ3) is 8.33. The molecule has 0 bridgehead atoms. The van der Waals surface area contributed by atoms with Crippen LogP contribution in [-0.4, -0.2) is 19.1 Å². The van der Waals surface area contributed by atoms with Gasteiger partial charge >= 0.3 is 0 Å². The summed E-state index contributed by atoms with van der Waals surface area (Å²) >= 11 is 0. The maximum Gasteiger partial charge on any atom is 0.147 e. The maximum absolute atomic E-state index is 14.6. The Morgan fingerprint density at radius 2 is 0.821 bits per heavy atom. The number of rotatable bonds is 10. The van der Waals surface area contributed by atoms with Gasteiger partial charge in [0.25, 0.3) is 0 Å².